The van der Waals surface area contributed by atoms with Gasteiger partial charge in [0.25, 0.3) is 0 Å². The second-order valence-corrected chi connectivity index (χ2v) is 5.63. The number of nitrogens with zero attached hydrogens (tertiary/aromatic N) is 4. The first-order valence-electron chi connectivity index (χ1n) is 7.37. The molecule has 5 heteroatoms. The van der Waals surface area contributed by atoms with Crippen molar-refractivity contribution in [3.8, 4) is 5.69 Å². The average molecular weight is 271 g/mol. The molecule has 3 atom stereocenters. The van der Waals surface area contributed by atoms with E-state index in [1.807, 2.05) is 6.07 Å². The maximum Gasteiger partial charge on any atom is 0.143 e. The summed E-state index contributed by atoms with van der Waals surface area (Å²) in [6, 6.07) is 9.43. The molecule has 3 unspecified atom stereocenters. The van der Waals surface area contributed by atoms with Gasteiger partial charge in [0.2, 0.25) is 0 Å². The van der Waals surface area contributed by atoms with Gasteiger partial charge in [-0.2, -0.15) is 0 Å². The fourth-order valence-electron chi connectivity index (χ4n) is 2.78. The van der Waals surface area contributed by atoms with E-state index in [9.17, 15) is 0 Å². The highest BCUT2D eigenvalue weighted by molar-refractivity contribution is 5.35. The fraction of sp³-hybridized carbons (Fsp3) is 0.533. The van der Waals surface area contributed by atoms with Gasteiger partial charge >= 0.3 is 0 Å². The molecule has 0 radical (unpaired) electrons. The van der Waals surface area contributed by atoms with E-state index in [0.29, 0.717) is 12.1 Å². The largest absolute Gasteiger partial charge is 0.307 e. The van der Waals surface area contributed by atoms with Gasteiger partial charge in [-0.1, -0.05) is 25.5 Å². The third-order valence-electron chi connectivity index (χ3n) is 4.03. The van der Waals surface area contributed by atoms with Gasteiger partial charge in [0.15, 0.2) is 0 Å². The predicted molar refractivity (Wildman–Crippen MR) is 77.5 cm³/mol. The van der Waals surface area contributed by atoms with Crippen LogP contribution >= 0.6 is 0 Å². The zero-order chi connectivity index (χ0) is 13.9. The molecule has 1 fully saturated rings. The van der Waals surface area contributed by atoms with E-state index >= 15 is 0 Å². The average Bonchev–Trinajstić information content (AvgIpc) is 2.98. The molecular weight excluding hydrogens is 250 g/mol. The number of hydrogen-bond acceptors (Lipinski definition) is 4. The van der Waals surface area contributed by atoms with Crippen molar-refractivity contribution >= 4 is 0 Å². The quantitative estimate of drug-likeness (QED) is 0.877. The summed E-state index contributed by atoms with van der Waals surface area (Å²) in [6.07, 6.45) is 5.57. The van der Waals surface area contributed by atoms with Crippen LogP contribution in [0.3, 0.4) is 0 Å². The molecule has 0 spiro atoms. The van der Waals surface area contributed by atoms with E-state index in [1.54, 1.807) is 11.0 Å². The molecule has 1 N–H and O–H groups in total. The Morgan fingerprint density at radius 2 is 2.35 bits per heavy atom. The highest BCUT2D eigenvalue weighted by Crippen LogP contribution is 2.36. The molecule has 1 aromatic heterocycles. The summed E-state index contributed by atoms with van der Waals surface area (Å²) in [6.45, 7) is 4.48. The van der Waals surface area contributed by atoms with Crippen LogP contribution < -0.4 is 5.32 Å². The molecule has 106 valence electrons. The van der Waals surface area contributed by atoms with Gasteiger partial charge in [-0.3, -0.25) is 0 Å². The van der Waals surface area contributed by atoms with Crippen molar-refractivity contribution in [2.45, 2.75) is 45.2 Å². The van der Waals surface area contributed by atoms with Gasteiger partial charge in [-0.05, 0) is 53.8 Å². The van der Waals surface area contributed by atoms with Gasteiger partial charge in [0, 0.05) is 12.1 Å². The minimum Gasteiger partial charge on any atom is -0.307 e. The Morgan fingerprint density at radius 1 is 1.45 bits per heavy atom. The Bertz CT molecular complexity index is 551. The van der Waals surface area contributed by atoms with E-state index in [1.165, 1.54) is 24.8 Å². The lowest BCUT2D eigenvalue weighted by molar-refractivity contribution is 0.530. The third kappa shape index (κ3) is 2.88. The Balaban J connectivity index is 1.66. The molecule has 0 bridgehead atoms. The number of tetrazole rings is 1. The van der Waals surface area contributed by atoms with Gasteiger partial charge < -0.3 is 5.32 Å². The molecular formula is C15H21N5. The molecule has 1 saturated carbocycles. The van der Waals surface area contributed by atoms with Crippen LogP contribution in [0.15, 0.2) is 30.6 Å². The summed E-state index contributed by atoms with van der Waals surface area (Å²) >= 11 is 0. The Morgan fingerprint density at radius 3 is 3.10 bits per heavy atom. The van der Waals surface area contributed by atoms with Crippen molar-refractivity contribution in [1.29, 1.82) is 0 Å². The van der Waals surface area contributed by atoms with Crippen LogP contribution in [0.5, 0.6) is 0 Å². The lowest BCUT2D eigenvalue weighted by Crippen LogP contribution is -2.22. The van der Waals surface area contributed by atoms with Crippen molar-refractivity contribution in [2.75, 3.05) is 0 Å². The topological polar surface area (TPSA) is 55.6 Å². The molecule has 1 aromatic carbocycles. The first-order chi connectivity index (χ1) is 9.78. The maximum absolute atomic E-state index is 3.93. The van der Waals surface area contributed by atoms with Gasteiger partial charge in [0.05, 0.1) is 5.69 Å². The molecule has 0 amide bonds. The van der Waals surface area contributed by atoms with Crippen molar-refractivity contribution in [1.82, 2.24) is 25.5 Å². The standard InChI is InChI=1S/C15H21N5/c1-3-5-13-9-15(13)17-11(2)12-6-4-7-14(8-12)20-10-16-18-19-20/h4,6-8,10-11,13,15,17H,3,5,9H2,1-2H3. The van der Waals surface area contributed by atoms with Crippen LogP contribution in [0, 0.1) is 5.92 Å². The fourth-order valence-corrected chi connectivity index (χ4v) is 2.78. The molecule has 5 nitrogen and oxygen atoms in total. The number of nitrogens with one attached hydrogen (secondary N) is 1. The van der Waals surface area contributed by atoms with Crippen molar-refractivity contribution in [3.05, 3.63) is 36.2 Å². The summed E-state index contributed by atoms with van der Waals surface area (Å²) in [5.41, 5.74) is 2.28. The van der Waals surface area contributed by atoms with Gasteiger partial charge in [-0.25, -0.2) is 4.68 Å². The second kappa shape index (κ2) is 5.71. The van der Waals surface area contributed by atoms with Crippen LogP contribution in [0.25, 0.3) is 5.69 Å². The minimum absolute atomic E-state index is 0.360. The van der Waals surface area contributed by atoms with Crippen LogP contribution in [0.2, 0.25) is 0 Å². The van der Waals surface area contributed by atoms with E-state index < -0.39 is 0 Å². The molecule has 0 aliphatic heterocycles. The molecule has 2 aromatic rings. The molecule has 0 saturated heterocycles. The van der Waals surface area contributed by atoms with Crippen molar-refractivity contribution in [3.63, 3.8) is 0 Å². The Hall–Kier alpha value is -1.75. The summed E-state index contributed by atoms with van der Waals surface area (Å²) in [5.74, 6) is 0.880. The molecule has 20 heavy (non-hydrogen) atoms. The van der Waals surface area contributed by atoms with Crippen LogP contribution in [0.1, 0.15) is 44.7 Å². The van der Waals surface area contributed by atoms with Crippen LogP contribution in [0.4, 0.5) is 0 Å². The van der Waals surface area contributed by atoms with Crippen molar-refractivity contribution < 1.29 is 0 Å². The lowest BCUT2D eigenvalue weighted by atomic mass is 10.1. The zero-order valence-electron chi connectivity index (χ0n) is 12.0. The molecule has 3 rings (SSSR count). The van der Waals surface area contributed by atoms with Gasteiger partial charge in [-0.15, -0.1) is 5.10 Å². The molecule has 1 heterocycles. The number of rotatable bonds is 6. The van der Waals surface area contributed by atoms with E-state index in [0.717, 1.165) is 11.6 Å². The first kappa shape index (κ1) is 13.2. The Labute approximate surface area is 119 Å². The van der Waals surface area contributed by atoms with Crippen LogP contribution in [-0.4, -0.2) is 26.2 Å². The number of benzene rings is 1. The highest BCUT2D eigenvalue weighted by Gasteiger charge is 2.36. The summed E-state index contributed by atoms with van der Waals surface area (Å²) < 4.78 is 1.69. The predicted octanol–water partition coefficient (Wildman–Crippen LogP) is 2.50. The first-order valence-corrected chi connectivity index (χ1v) is 7.37. The number of hydrogen-bond donors (Lipinski definition) is 1. The Kier molecular flexibility index (Phi) is 3.78. The third-order valence-corrected chi connectivity index (χ3v) is 4.03. The summed E-state index contributed by atoms with van der Waals surface area (Å²) in [5, 5.41) is 15.0. The van der Waals surface area contributed by atoms with E-state index in [2.05, 4.69) is 52.9 Å². The normalized spacial score (nSPS) is 22.7. The van der Waals surface area contributed by atoms with Crippen LogP contribution in [-0.2, 0) is 0 Å². The van der Waals surface area contributed by atoms with E-state index in [-0.39, 0.29) is 0 Å². The minimum atomic E-state index is 0.360. The highest BCUT2D eigenvalue weighted by atomic mass is 15.5. The molecule has 1 aliphatic rings. The van der Waals surface area contributed by atoms with Gasteiger partial charge in [0.1, 0.15) is 6.33 Å². The summed E-state index contributed by atoms with van der Waals surface area (Å²) in [4.78, 5) is 0. The van der Waals surface area contributed by atoms with E-state index in [4.69, 9.17) is 0 Å². The van der Waals surface area contributed by atoms with Crippen molar-refractivity contribution in [2.24, 2.45) is 5.92 Å². The zero-order valence-corrected chi connectivity index (χ0v) is 12.0. The lowest BCUT2D eigenvalue weighted by Gasteiger charge is -2.15. The summed E-state index contributed by atoms with van der Waals surface area (Å²) in [7, 11) is 0. The second-order valence-electron chi connectivity index (χ2n) is 5.63. The smallest absolute Gasteiger partial charge is 0.143 e. The molecule has 1 aliphatic carbocycles. The monoisotopic (exact) mass is 271 g/mol. The number of aromatic nitrogens is 4. The maximum atomic E-state index is 3.93. The SMILES string of the molecule is CCCC1CC1NC(C)c1cccc(-n2cnnn2)c1.